The maximum absolute atomic E-state index is 13.3. The molecule has 0 saturated heterocycles. The number of ether oxygens (including phenoxy) is 1. The lowest BCUT2D eigenvalue weighted by molar-refractivity contribution is -0.123. The highest BCUT2D eigenvalue weighted by Crippen LogP contribution is 2.45. The zero-order valence-electron chi connectivity index (χ0n) is 19.3. The van der Waals surface area contributed by atoms with Gasteiger partial charge in [0, 0.05) is 30.9 Å². The van der Waals surface area contributed by atoms with Gasteiger partial charge in [0.2, 0.25) is 0 Å². The minimum absolute atomic E-state index is 0.0346. The van der Waals surface area contributed by atoms with Crippen LogP contribution in [-0.4, -0.2) is 42.6 Å². The van der Waals surface area contributed by atoms with Gasteiger partial charge >= 0.3 is 0 Å². The fraction of sp³-hybridized carbons (Fsp3) is 0.360. The van der Waals surface area contributed by atoms with Crippen LogP contribution in [0.2, 0.25) is 0 Å². The number of aliphatic hydroxyl groups is 1. The van der Waals surface area contributed by atoms with Crippen molar-refractivity contribution in [3.8, 4) is 11.5 Å². The van der Waals surface area contributed by atoms with Crippen LogP contribution in [0.25, 0.3) is 0 Å². The molecule has 1 aliphatic heterocycles. The van der Waals surface area contributed by atoms with E-state index in [0.717, 1.165) is 5.69 Å². The van der Waals surface area contributed by atoms with Crippen molar-refractivity contribution in [3.63, 3.8) is 0 Å². The Bertz CT molecular complexity index is 1060. The molecule has 1 atom stereocenters. The second-order valence-electron chi connectivity index (χ2n) is 8.99. The molecule has 2 aromatic carbocycles. The predicted octanol–water partition coefficient (Wildman–Crippen LogP) is 4.37. The van der Waals surface area contributed by atoms with Gasteiger partial charge in [0.15, 0.2) is 23.0 Å². The van der Waals surface area contributed by atoms with Gasteiger partial charge in [-0.3, -0.25) is 14.5 Å². The number of hydrogen-bond donors (Lipinski definition) is 2. The lowest BCUT2D eigenvalue weighted by Crippen LogP contribution is -2.32. The molecule has 1 aliphatic rings. The van der Waals surface area contributed by atoms with Gasteiger partial charge in [-0.15, -0.1) is 0 Å². The number of benzene rings is 2. The smallest absolute Gasteiger partial charge is 0.294 e. The predicted molar refractivity (Wildman–Crippen MR) is 124 cm³/mol. The molecule has 32 heavy (non-hydrogen) atoms. The van der Waals surface area contributed by atoms with Gasteiger partial charge in [-0.25, -0.2) is 0 Å². The largest absolute Gasteiger partial charge is 0.504 e. The van der Waals surface area contributed by atoms with Crippen molar-refractivity contribution in [1.82, 2.24) is 0 Å². The number of aromatic hydroxyl groups is 1. The first-order valence-corrected chi connectivity index (χ1v) is 10.5. The first-order valence-electron chi connectivity index (χ1n) is 10.5. The third-order valence-corrected chi connectivity index (χ3v) is 5.38. The number of carbonyl (C=O) groups is 2. The second-order valence-corrected chi connectivity index (χ2v) is 8.99. The molecule has 1 amide bonds. The van der Waals surface area contributed by atoms with E-state index in [1.807, 2.05) is 31.1 Å². The molecule has 3 rings (SSSR count). The van der Waals surface area contributed by atoms with E-state index in [-0.39, 0.29) is 22.9 Å². The minimum Gasteiger partial charge on any atom is -0.504 e. The van der Waals surface area contributed by atoms with Gasteiger partial charge in [-0.05, 0) is 48.9 Å². The fourth-order valence-corrected chi connectivity index (χ4v) is 3.71. The van der Waals surface area contributed by atoms with Crippen molar-refractivity contribution < 1.29 is 24.5 Å². The Kier molecular flexibility index (Phi) is 6.21. The van der Waals surface area contributed by atoms with Crippen molar-refractivity contribution in [2.75, 3.05) is 30.5 Å². The van der Waals surface area contributed by atoms with E-state index < -0.39 is 23.1 Å². The van der Waals surface area contributed by atoms with Crippen molar-refractivity contribution >= 4 is 23.1 Å². The zero-order valence-corrected chi connectivity index (χ0v) is 19.3. The Morgan fingerprint density at radius 1 is 1.09 bits per heavy atom. The highest BCUT2D eigenvalue weighted by Gasteiger charge is 2.46. The Balaban J connectivity index is 2.20. The molecule has 0 fully saturated rings. The summed E-state index contributed by atoms with van der Waals surface area (Å²) in [6.07, 6.45) is 0. The number of nitrogens with zero attached hydrogens (tertiary/aromatic N) is 2. The van der Waals surface area contributed by atoms with Crippen molar-refractivity contribution in [2.24, 2.45) is 5.41 Å². The number of anilines is 2. The maximum atomic E-state index is 13.3. The van der Waals surface area contributed by atoms with Crippen LogP contribution in [0.4, 0.5) is 11.4 Å². The van der Waals surface area contributed by atoms with E-state index in [0.29, 0.717) is 17.9 Å². The van der Waals surface area contributed by atoms with Crippen LogP contribution in [0, 0.1) is 5.41 Å². The molecule has 2 aromatic rings. The normalized spacial score (nSPS) is 16.5. The molecule has 0 radical (unpaired) electrons. The highest BCUT2D eigenvalue weighted by atomic mass is 16.5. The Morgan fingerprint density at radius 3 is 2.25 bits per heavy atom. The summed E-state index contributed by atoms with van der Waals surface area (Å²) in [5, 5.41) is 20.9. The van der Waals surface area contributed by atoms with E-state index in [1.54, 1.807) is 52.0 Å². The summed E-state index contributed by atoms with van der Waals surface area (Å²) >= 11 is 0. The summed E-state index contributed by atoms with van der Waals surface area (Å²) in [6.45, 7) is 7.37. The monoisotopic (exact) mass is 438 g/mol. The zero-order chi connectivity index (χ0) is 23.8. The summed E-state index contributed by atoms with van der Waals surface area (Å²) < 4.78 is 5.51. The molecule has 0 aliphatic carbocycles. The first kappa shape index (κ1) is 23.2. The van der Waals surface area contributed by atoms with Crippen LogP contribution in [0.1, 0.15) is 39.3 Å². The Labute approximate surface area is 188 Å². The summed E-state index contributed by atoms with van der Waals surface area (Å²) in [5.41, 5.74) is 1.26. The summed E-state index contributed by atoms with van der Waals surface area (Å²) in [6, 6.07) is 11.1. The van der Waals surface area contributed by atoms with E-state index in [1.165, 1.54) is 11.0 Å². The highest BCUT2D eigenvalue weighted by molar-refractivity contribution is 6.17. The van der Waals surface area contributed by atoms with Gasteiger partial charge in [-0.1, -0.05) is 26.8 Å². The first-order chi connectivity index (χ1) is 15.0. The van der Waals surface area contributed by atoms with E-state index in [4.69, 9.17) is 4.74 Å². The molecule has 170 valence electrons. The number of amides is 1. The quantitative estimate of drug-likeness (QED) is 0.696. The molecular formula is C25H30N2O5. The Morgan fingerprint density at radius 2 is 1.72 bits per heavy atom. The van der Waals surface area contributed by atoms with Gasteiger partial charge in [0.1, 0.15) is 0 Å². The summed E-state index contributed by atoms with van der Waals surface area (Å²) in [4.78, 5) is 29.9. The summed E-state index contributed by atoms with van der Waals surface area (Å²) in [5.74, 6) is -1.33. The minimum atomic E-state index is -0.862. The number of phenols is 1. The lowest BCUT2D eigenvalue weighted by atomic mass is 9.82. The molecular weight excluding hydrogens is 408 g/mol. The second kappa shape index (κ2) is 8.57. The van der Waals surface area contributed by atoms with Crippen LogP contribution in [-0.2, 0) is 9.59 Å². The molecule has 7 heteroatoms. The van der Waals surface area contributed by atoms with Crippen LogP contribution >= 0.6 is 0 Å². The third kappa shape index (κ3) is 4.15. The number of phenolic OH excluding ortho intramolecular Hbond substituents is 1. The van der Waals surface area contributed by atoms with E-state index in [9.17, 15) is 19.8 Å². The van der Waals surface area contributed by atoms with Crippen LogP contribution in [0.5, 0.6) is 11.5 Å². The summed E-state index contributed by atoms with van der Waals surface area (Å²) in [7, 11) is 3.83. The van der Waals surface area contributed by atoms with Crippen LogP contribution < -0.4 is 14.5 Å². The molecule has 2 N–H and O–H groups in total. The number of carbonyl (C=O) groups excluding carboxylic acids is 2. The molecule has 0 spiro atoms. The average Bonchev–Trinajstić information content (AvgIpc) is 2.99. The SMILES string of the molecule is CCOc1cc(C2C(C(=O)C(C)(C)C)=C(O)C(=O)N2c2ccc(N(C)C)cc2)ccc1O. The number of rotatable bonds is 6. The number of Topliss-reactive ketones (excluding diaryl/α,β-unsaturated/α-hetero) is 1. The van der Waals surface area contributed by atoms with Crippen LogP contribution in [0.3, 0.4) is 0 Å². The molecule has 1 unspecified atom stereocenters. The molecule has 1 heterocycles. The lowest BCUT2D eigenvalue weighted by Gasteiger charge is -2.29. The number of ketones is 1. The van der Waals surface area contributed by atoms with Gasteiger partial charge in [-0.2, -0.15) is 0 Å². The van der Waals surface area contributed by atoms with Crippen molar-refractivity contribution in [1.29, 1.82) is 0 Å². The molecule has 0 bridgehead atoms. The third-order valence-electron chi connectivity index (χ3n) is 5.38. The molecule has 0 saturated carbocycles. The van der Waals surface area contributed by atoms with Crippen LogP contribution in [0.15, 0.2) is 53.8 Å². The van der Waals surface area contributed by atoms with E-state index in [2.05, 4.69) is 0 Å². The fourth-order valence-electron chi connectivity index (χ4n) is 3.71. The standard InChI is InChI=1S/C25H30N2O5/c1-7-32-19-14-15(8-13-18(19)28)21-20(23(30)25(2,3)4)22(29)24(31)27(21)17-11-9-16(10-12-17)26(5)6/h8-14,21,28-29H,7H2,1-6H3. The van der Waals surface area contributed by atoms with E-state index >= 15 is 0 Å². The number of hydrogen-bond acceptors (Lipinski definition) is 6. The van der Waals surface area contributed by atoms with Gasteiger partial charge in [0.05, 0.1) is 18.2 Å². The van der Waals surface area contributed by atoms with Crippen molar-refractivity contribution in [2.45, 2.75) is 33.7 Å². The molecule has 0 aromatic heterocycles. The molecule has 7 nitrogen and oxygen atoms in total. The van der Waals surface area contributed by atoms with Gasteiger partial charge in [0.25, 0.3) is 5.91 Å². The maximum Gasteiger partial charge on any atom is 0.294 e. The number of aliphatic hydroxyl groups excluding tert-OH is 1. The Hall–Kier alpha value is -3.48. The van der Waals surface area contributed by atoms with Crippen molar-refractivity contribution in [3.05, 3.63) is 59.4 Å². The average molecular weight is 439 g/mol. The van der Waals surface area contributed by atoms with Gasteiger partial charge < -0.3 is 19.8 Å². The topological polar surface area (TPSA) is 90.3 Å².